The maximum atomic E-state index is 11.8. The van der Waals surface area contributed by atoms with Crippen molar-refractivity contribution in [3.8, 4) is 0 Å². The lowest BCUT2D eigenvalue weighted by Gasteiger charge is -2.38. The van der Waals surface area contributed by atoms with Gasteiger partial charge in [0, 0.05) is 18.5 Å². The van der Waals surface area contributed by atoms with E-state index in [9.17, 15) is 4.79 Å². The smallest absolute Gasteiger partial charge is 0.223 e. The fourth-order valence-electron chi connectivity index (χ4n) is 3.08. The van der Waals surface area contributed by atoms with Crippen LogP contribution < -0.4 is 0 Å². The molecule has 2 fully saturated rings. The molecule has 2 unspecified atom stereocenters. The Morgan fingerprint density at radius 2 is 1.93 bits per heavy atom. The number of carbonyl (C=O) groups is 1. The summed E-state index contributed by atoms with van der Waals surface area (Å²) >= 11 is 4.13. The molecule has 14 heavy (non-hydrogen) atoms. The molecule has 3 heteroatoms. The summed E-state index contributed by atoms with van der Waals surface area (Å²) in [6.45, 7) is 2.31. The predicted octanol–water partition coefficient (Wildman–Crippen LogP) is 2.10. The average molecular weight is 213 g/mol. The Kier molecular flexibility index (Phi) is 3.05. The van der Waals surface area contributed by atoms with E-state index >= 15 is 0 Å². The summed E-state index contributed by atoms with van der Waals surface area (Å²) in [6, 6.07) is 1.10. The van der Waals surface area contributed by atoms with Gasteiger partial charge in [-0.2, -0.15) is 12.6 Å². The van der Waals surface area contributed by atoms with Crippen molar-refractivity contribution in [2.45, 2.75) is 51.1 Å². The highest BCUT2D eigenvalue weighted by molar-refractivity contribution is 7.80. The lowest BCUT2D eigenvalue weighted by Crippen LogP contribution is -2.46. The van der Waals surface area contributed by atoms with Gasteiger partial charge in [0.15, 0.2) is 0 Å². The summed E-state index contributed by atoms with van der Waals surface area (Å²) in [6.07, 6.45) is 5.51. The summed E-state index contributed by atoms with van der Waals surface area (Å²) in [4.78, 5) is 14.0. The van der Waals surface area contributed by atoms with Gasteiger partial charge in [-0.15, -0.1) is 0 Å². The molecule has 0 N–H and O–H groups in total. The van der Waals surface area contributed by atoms with Gasteiger partial charge < -0.3 is 4.90 Å². The highest BCUT2D eigenvalue weighted by atomic mass is 32.1. The van der Waals surface area contributed by atoms with Gasteiger partial charge in [-0.1, -0.05) is 6.92 Å². The first-order valence-electron chi connectivity index (χ1n) is 5.64. The zero-order valence-electron chi connectivity index (χ0n) is 8.78. The first-order chi connectivity index (χ1) is 6.72. The summed E-state index contributed by atoms with van der Waals surface area (Å²) in [7, 11) is 0. The van der Waals surface area contributed by atoms with Gasteiger partial charge in [-0.05, 0) is 37.4 Å². The van der Waals surface area contributed by atoms with E-state index < -0.39 is 0 Å². The van der Waals surface area contributed by atoms with Gasteiger partial charge >= 0.3 is 0 Å². The van der Waals surface area contributed by atoms with Crippen LogP contribution in [0.2, 0.25) is 0 Å². The predicted molar refractivity (Wildman–Crippen MR) is 60.5 cm³/mol. The molecule has 2 bridgehead atoms. The molecule has 0 radical (unpaired) electrons. The maximum absolute atomic E-state index is 11.8. The average Bonchev–Trinajstić information content (AvgIpc) is 2.39. The minimum atomic E-state index is 0.333. The summed E-state index contributed by atoms with van der Waals surface area (Å²) < 4.78 is 0. The van der Waals surface area contributed by atoms with Gasteiger partial charge in [0.25, 0.3) is 0 Å². The van der Waals surface area contributed by atoms with Crippen molar-refractivity contribution in [1.29, 1.82) is 0 Å². The number of carbonyl (C=O) groups excluding carboxylic acids is 1. The van der Waals surface area contributed by atoms with Crippen LogP contribution in [-0.4, -0.2) is 28.6 Å². The van der Waals surface area contributed by atoms with Crippen LogP contribution >= 0.6 is 12.6 Å². The Morgan fingerprint density at radius 1 is 1.36 bits per heavy atom. The monoisotopic (exact) mass is 213 g/mol. The zero-order chi connectivity index (χ0) is 10.1. The molecular weight excluding hydrogens is 194 g/mol. The van der Waals surface area contributed by atoms with Gasteiger partial charge in [0.05, 0.1) is 0 Å². The van der Waals surface area contributed by atoms with Crippen LogP contribution in [0.1, 0.15) is 39.0 Å². The number of rotatable bonds is 2. The number of hydrogen-bond acceptors (Lipinski definition) is 2. The van der Waals surface area contributed by atoms with E-state index in [1.165, 1.54) is 25.7 Å². The molecule has 0 aromatic rings. The molecule has 2 heterocycles. The molecule has 2 nitrogen and oxygen atoms in total. The molecule has 80 valence electrons. The van der Waals surface area contributed by atoms with Crippen molar-refractivity contribution in [2.24, 2.45) is 5.92 Å². The topological polar surface area (TPSA) is 20.3 Å². The van der Waals surface area contributed by atoms with Gasteiger partial charge in [0.1, 0.15) is 0 Å². The molecule has 2 rings (SSSR count). The third-order valence-electron chi connectivity index (χ3n) is 3.58. The van der Waals surface area contributed by atoms with E-state index in [0.717, 1.165) is 5.92 Å². The fourth-order valence-corrected chi connectivity index (χ4v) is 3.27. The zero-order valence-corrected chi connectivity index (χ0v) is 9.67. The second kappa shape index (κ2) is 4.13. The number of fused-ring (bicyclic) bond motifs is 2. The van der Waals surface area contributed by atoms with Crippen molar-refractivity contribution in [3.63, 3.8) is 0 Å². The Balaban J connectivity index is 2.03. The first-order valence-corrected chi connectivity index (χ1v) is 6.27. The molecule has 0 aliphatic carbocycles. The molecule has 0 saturated carbocycles. The molecular formula is C11H19NOS. The van der Waals surface area contributed by atoms with Crippen molar-refractivity contribution in [3.05, 3.63) is 0 Å². The number of hydrogen-bond donors (Lipinski definition) is 1. The number of piperidine rings is 1. The SMILES string of the molecule is CC1CC2CCC(C1)N2C(=O)CCS. The summed E-state index contributed by atoms with van der Waals surface area (Å²) in [5, 5.41) is 0. The van der Waals surface area contributed by atoms with E-state index in [1.807, 2.05) is 0 Å². The van der Waals surface area contributed by atoms with E-state index in [2.05, 4.69) is 24.5 Å². The lowest BCUT2D eigenvalue weighted by molar-refractivity contribution is -0.135. The van der Waals surface area contributed by atoms with Crippen LogP contribution in [0.4, 0.5) is 0 Å². The van der Waals surface area contributed by atoms with Gasteiger partial charge in [-0.25, -0.2) is 0 Å². The highest BCUT2D eigenvalue weighted by Crippen LogP contribution is 2.38. The second-order valence-electron chi connectivity index (χ2n) is 4.74. The standard InChI is InChI=1S/C11H19NOS/c1-8-6-9-2-3-10(7-8)12(9)11(13)4-5-14/h8-10,14H,2-7H2,1H3. The first kappa shape index (κ1) is 10.3. The third-order valence-corrected chi connectivity index (χ3v) is 3.81. The van der Waals surface area contributed by atoms with E-state index in [-0.39, 0.29) is 0 Å². The summed E-state index contributed by atoms with van der Waals surface area (Å²) in [5.74, 6) is 1.83. The Hall–Kier alpha value is -0.180. The second-order valence-corrected chi connectivity index (χ2v) is 5.18. The van der Waals surface area contributed by atoms with E-state index in [0.29, 0.717) is 30.2 Å². The fraction of sp³-hybridized carbons (Fsp3) is 0.909. The van der Waals surface area contributed by atoms with Gasteiger partial charge in [-0.3, -0.25) is 4.79 Å². The normalized spacial score (nSPS) is 36.1. The maximum Gasteiger partial charge on any atom is 0.223 e. The van der Waals surface area contributed by atoms with Crippen LogP contribution in [0.25, 0.3) is 0 Å². The molecule has 2 atom stereocenters. The minimum Gasteiger partial charge on any atom is -0.337 e. The van der Waals surface area contributed by atoms with Crippen molar-refractivity contribution in [1.82, 2.24) is 4.90 Å². The molecule has 1 amide bonds. The largest absolute Gasteiger partial charge is 0.337 e. The molecule has 2 aliphatic rings. The number of nitrogens with zero attached hydrogens (tertiary/aromatic N) is 1. The minimum absolute atomic E-state index is 0.333. The quantitative estimate of drug-likeness (QED) is 0.697. The Morgan fingerprint density at radius 3 is 2.43 bits per heavy atom. The molecule has 2 saturated heterocycles. The number of thiol groups is 1. The molecule has 2 aliphatic heterocycles. The number of amides is 1. The van der Waals surface area contributed by atoms with Gasteiger partial charge in [0.2, 0.25) is 5.91 Å². The van der Waals surface area contributed by atoms with Crippen molar-refractivity contribution >= 4 is 18.5 Å². The molecule has 0 aromatic heterocycles. The summed E-state index contributed by atoms with van der Waals surface area (Å²) in [5.41, 5.74) is 0. The van der Waals surface area contributed by atoms with Crippen LogP contribution in [0.15, 0.2) is 0 Å². The van der Waals surface area contributed by atoms with E-state index in [1.54, 1.807) is 0 Å². The van der Waals surface area contributed by atoms with Crippen LogP contribution in [0.5, 0.6) is 0 Å². The molecule has 0 aromatic carbocycles. The van der Waals surface area contributed by atoms with Crippen molar-refractivity contribution in [2.75, 3.05) is 5.75 Å². The van der Waals surface area contributed by atoms with Crippen LogP contribution in [0, 0.1) is 5.92 Å². The van der Waals surface area contributed by atoms with Crippen LogP contribution in [0.3, 0.4) is 0 Å². The third kappa shape index (κ3) is 1.79. The Bertz CT molecular complexity index is 217. The Labute approximate surface area is 91.5 Å². The highest BCUT2D eigenvalue weighted by Gasteiger charge is 2.41. The molecule has 0 spiro atoms. The van der Waals surface area contributed by atoms with E-state index in [4.69, 9.17) is 0 Å². The van der Waals surface area contributed by atoms with Crippen LogP contribution in [-0.2, 0) is 4.79 Å². The van der Waals surface area contributed by atoms with Crippen molar-refractivity contribution < 1.29 is 4.79 Å². The lowest BCUT2D eigenvalue weighted by atomic mass is 9.92.